The van der Waals surface area contributed by atoms with Gasteiger partial charge in [0.25, 0.3) is 0 Å². The molecule has 2 heterocycles. The SMILES string of the molecule is CC(=O)NC1CCN(C(=O)CC2CCNCC2)C1. The van der Waals surface area contributed by atoms with Crippen molar-refractivity contribution in [3.8, 4) is 0 Å². The maximum atomic E-state index is 12.1. The molecule has 5 heteroatoms. The van der Waals surface area contributed by atoms with Crippen molar-refractivity contribution in [2.24, 2.45) is 5.92 Å². The minimum absolute atomic E-state index is 0.00680. The van der Waals surface area contributed by atoms with Crippen LogP contribution >= 0.6 is 0 Å². The summed E-state index contributed by atoms with van der Waals surface area (Å²) in [6.07, 6.45) is 3.77. The van der Waals surface area contributed by atoms with Gasteiger partial charge in [-0.15, -0.1) is 0 Å². The molecule has 1 unspecified atom stereocenters. The van der Waals surface area contributed by atoms with E-state index >= 15 is 0 Å². The Balaban J connectivity index is 1.74. The van der Waals surface area contributed by atoms with Gasteiger partial charge in [-0.25, -0.2) is 0 Å². The Labute approximate surface area is 108 Å². The first kappa shape index (κ1) is 13.3. The highest BCUT2D eigenvalue weighted by Gasteiger charge is 2.28. The molecule has 2 aliphatic heterocycles. The van der Waals surface area contributed by atoms with Crippen molar-refractivity contribution >= 4 is 11.8 Å². The van der Waals surface area contributed by atoms with Crippen molar-refractivity contribution in [1.82, 2.24) is 15.5 Å². The summed E-state index contributed by atoms with van der Waals surface area (Å²) in [7, 11) is 0. The molecule has 2 saturated heterocycles. The topological polar surface area (TPSA) is 61.4 Å². The lowest BCUT2D eigenvalue weighted by molar-refractivity contribution is -0.131. The van der Waals surface area contributed by atoms with E-state index in [0.717, 1.165) is 38.9 Å². The highest BCUT2D eigenvalue weighted by molar-refractivity contribution is 5.77. The molecule has 0 bridgehead atoms. The van der Waals surface area contributed by atoms with Crippen LogP contribution in [0.15, 0.2) is 0 Å². The van der Waals surface area contributed by atoms with E-state index in [2.05, 4.69) is 10.6 Å². The molecular weight excluding hydrogens is 230 g/mol. The maximum absolute atomic E-state index is 12.1. The number of likely N-dealkylation sites (tertiary alicyclic amines) is 1. The van der Waals surface area contributed by atoms with Gasteiger partial charge in [-0.1, -0.05) is 0 Å². The van der Waals surface area contributed by atoms with E-state index < -0.39 is 0 Å². The lowest BCUT2D eigenvalue weighted by Gasteiger charge is -2.24. The summed E-state index contributed by atoms with van der Waals surface area (Å²) < 4.78 is 0. The second-order valence-corrected chi connectivity index (χ2v) is 5.42. The van der Waals surface area contributed by atoms with Crippen LogP contribution in [-0.4, -0.2) is 48.9 Å². The van der Waals surface area contributed by atoms with Crippen molar-refractivity contribution in [2.75, 3.05) is 26.2 Å². The van der Waals surface area contributed by atoms with Gasteiger partial charge in [0.05, 0.1) is 0 Å². The number of nitrogens with zero attached hydrogens (tertiary/aromatic N) is 1. The lowest BCUT2D eigenvalue weighted by atomic mass is 9.94. The van der Waals surface area contributed by atoms with Gasteiger partial charge in [0.2, 0.25) is 11.8 Å². The van der Waals surface area contributed by atoms with Crippen LogP contribution in [0.25, 0.3) is 0 Å². The number of nitrogens with one attached hydrogen (secondary N) is 2. The minimum Gasteiger partial charge on any atom is -0.352 e. The molecule has 2 fully saturated rings. The average molecular weight is 253 g/mol. The molecule has 2 rings (SSSR count). The van der Waals surface area contributed by atoms with Gasteiger partial charge in [-0.05, 0) is 38.3 Å². The zero-order valence-corrected chi connectivity index (χ0v) is 11.1. The highest BCUT2D eigenvalue weighted by Crippen LogP contribution is 2.19. The second kappa shape index (κ2) is 6.18. The van der Waals surface area contributed by atoms with Crippen LogP contribution in [-0.2, 0) is 9.59 Å². The number of hydrogen-bond acceptors (Lipinski definition) is 3. The molecule has 2 aliphatic rings. The molecular formula is C13H23N3O2. The van der Waals surface area contributed by atoms with Gasteiger partial charge >= 0.3 is 0 Å². The van der Waals surface area contributed by atoms with Crippen LogP contribution in [0.3, 0.4) is 0 Å². The third-order valence-electron chi connectivity index (χ3n) is 3.87. The summed E-state index contributed by atoms with van der Waals surface area (Å²) >= 11 is 0. The van der Waals surface area contributed by atoms with Crippen LogP contribution in [0.2, 0.25) is 0 Å². The van der Waals surface area contributed by atoms with E-state index in [-0.39, 0.29) is 17.9 Å². The molecule has 0 radical (unpaired) electrons. The number of hydrogen-bond donors (Lipinski definition) is 2. The quantitative estimate of drug-likeness (QED) is 0.750. The molecule has 18 heavy (non-hydrogen) atoms. The van der Waals surface area contributed by atoms with Crippen LogP contribution in [0.1, 0.15) is 32.6 Å². The number of amides is 2. The van der Waals surface area contributed by atoms with Crippen molar-refractivity contribution in [3.05, 3.63) is 0 Å². The van der Waals surface area contributed by atoms with Crippen LogP contribution < -0.4 is 10.6 Å². The Morgan fingerprint density at radius 1 is 1.28 bits per heavy atom. The van der Waals surface area contributed by atoms with Crippen molar-refractivity contribution < 1.29 is 9.59 Å². The molecule has 2 amide bonds. The summed E-state index contributed by atoms with van der Waals surface area (Å²) in [5.74, 6) is 0.793. The average Bonchev–Trinajstić information content (AvgIpc) is 2.78. The third-order valence-corrected chi connectivity index (χ3v) is 3.87. The number of carbonyl (C=O) groups is 2. The highest BCUT2D eigenvalue weighted by atomic mass is 16.2. The van der Waals surface area contributed by atoms with Gasteiger partial charge in [-0.3, -0.25) is 9.59 Å². The first-order valence-corrected chi connectivity index (χ1v) is 6.90. The van der Waals surface area contributed by atoms with E-state index in [1.54, 1.807) is 0 Å². The zero-order chi connectivity index (χ0) is 13.0. The summed E-state index contributed by atoms with van der Waals surface area (Å²) in [6, 6.07) is 0.152. The number of carbonyl (C=O) groups excluding carboxylic acids is 2. The fourth-order valence-electron chi connectivity index (χ4n) is 2.85. The van der Waals surface area contributed by atoms with E-state index in [1.807, 2.05) is 4.90 Å². The predicted molar refractivity (Wildman–Crippen MR) is 69.0 cm³/mol. The molecule has 5 nitrogen and oxygen atoms in total. The predicted octanol–water partition coefficient (Wildman–Crippen LogP) is 0.113. The minimum atomic E-state index is -0.00680. The van der Waals surface area contributed by atoms with Crippen molar-refractivity contribution in [1.29, 1.82) is 0 Å². The first-order valence-electron chi connectivity index (χ1n) is 6.90. The van der Waals surface area contributed by atoms with Gasteiger partial charge in [0, 0.05) is 32.5 Å². The summed E-state index contributed by atoms with van der Waals surface area (Å²) in [6.45, 7) is 5.07. The molecule has 1 atom stereocenters. The number of piperidine rings is 1. The second-order valence-electron chi connectivity index (χ2n) is 5.42. The van der Waals surface area contributed by atoms with E-state index in [4.69, 9.17) is 0 Å². The summed E-state index contributed by atoms with van der Waals surface area (Å²) in [5, 5.41) is 6.20. The Kier molecular flexibility index (Phi) is 4.58. The Bertz CT molecular complexity index is 313. The van der Waals surface area contributed by atoms with Gasteiger partial charge in [0.15, 0.2) is 0 Å². The maximum Gasteiger partial charge on any atom is 0.222 e. The van der Waals surface area contributed by atoms with Gasteiger partial charge < -0.3 is 15.5 Å². The monoisotopic (exact) mass is 253 g/mol. The zero-order valence-electron chi connectivity index (χ0n) is 11.1. The van der Waals surface area contributed by atoms with Crippen molar-refractivity contribution in [2.45, 2.75) is 38.6 Å². The normalized spacial score (nSPS) is 25.2. The third kappa shape index (κ3) is 3.70. The fraction of sp³-hybridized carbons (Fsp3) is 0.846. The fourth-order valence-corrected chi connectivity index (χ4v) is 2.85. The Hall–Kier alpha value is -1.10. The van der Waals surface area contributed by atoms with E-state index in [1.165, 1.54) is 6.92 Å². The van der Waals surface area contributed by atoms with Crippen LogP contribution in [0.5, 0.6) is 0 Å². The van der Waals surface area contributed by atoms with Gasteiger partial charge in [0.1, 0.15) is 0 Å². The molecule has 0 aliphatic carbocycles. The Morgan fingerprint density at radius 3 is 2.67 bits per heavy atom. The smallest absolute Gasteiger partial charge is 0.222 e. The molecule has 0 aromatic heterocycles. The van der Waals surface area contributed by atoms with E-state index in [0.29, 0.717) is 18.9 Å². The van der Waals surface area contributed by atoms with Gasteiger partial charge in [-0.2, -0.15) is 0 Å². The first-order chi connectivity index (χ1) is 8.65. The summed E-state index contributed by atoms with van der Waals surface area (Å²) in [4.78, 5) is 25.0. The van der Waals surface area contributed by atoms with Crippen molar-refractivity contribution in [3.63, 3.8) is 0 Å². The summed E-state index contributed by atoms with van der Waals surface area (Å²) in [5.41, 5.74) is 0. The molecule has 0 saturated carbocycles. The van der Waals surface area contributed by atoms with E-state index in [9.17, 15) is 9.59 Å². The molecule has 0 spiro atoms. The van der Waals surface area contributed by atoms with Crippen LogP contribution in [0, 0.1) is 5.92 Å². The molecule has 0 aromatic rings. The van der Waals surface area contributed by atoms with Crippen LogP contribution in [0.4, 0.5) is 0 Å². The molecule has 102 valence electrons. The molecule has 2 N–H and O–H groups in total. The number of rotatable bonds is 3. The largest absolute Gasteiger partial charge is 0.352 e. The molecule has 0 aromatic carbocycles. The Morgan fingerprint density at radius 2 is 2.00 bits per heavy atom. The standard InChI is InChI=1S/C13H23N3O2/c1-10(17)15-12-4-7-16(9-12)13(18)8-11-2-5-14-6-3-11/h11-12,14H,2-9H2,1H3,(H,15,17). The lowest BCUT2D eigenvalue weighted by Crippen LogP contribution is -2.38.